The van der Waals surface area contributed by atoms with Gasteiger partial charge in [-0.15, -0.1) is 0 Å². The topological polar surface area (TPSA) is 119 Å². The lowest BCUT2D eigenvalue weighted by Crippen LogP contribution is -2.31. The molecule has 2 aromatic carbocycles. The minimum absolute atomic E-state index is 0.0575. The van der Waals surface area contributed by atoms with Crippen molar-refractivity contribution in [2.24, 2.45) is 0 Å². The fourth-order valence-corrected chi connectivity index (χ4v) is 4.35. The lowest BCUT2D eigenvalue weighted by molar-refractivity contribution is 0.0857. The lowest BCUT2D eigenvalue weighted by atomic mass is 9.92. The number of ether oxygens (including phenoxy) is 2. The van der Waals surface area contributed by atoms with Crippen molar-refractivity contribution in [2.75, 3.05) is 23.8 Å². The first kappa shape index (κ1) is 27.9. The number of hydrogen-bond acceptors (Lipinski definition) is 6. The van der Waals surface area contributed by atoms with Gasteiger partial charge in [-0.25, -0.2) is 9.48 Å². The Morgan fingerprint density at radius 2 is 1.76 bits per heavy atom. The Hall–Kier alpha value is -4.70. The van der Waals surface area contributed by atoms with Crippen LogP contribution in [0.15, 0.2) is 79.1 Å². The SMILES string of the molecule is CC(C)(C)c1cc(NC(=O)Nc2ccc(Oc3ccncc3)cc2)n(-c2cccc(C(=O)NCC3CCCO3)c2)n1. The summed E-state index contributed by atoms with van der Waals surface area (Å²) in [5, 5.41) is 13.5. The summed E-state index contributed by atoms with van der Waals surface area (Å²) in [6.07, 6.45) is 5.33. The molecule has 1 aliphatic heterocycles. The number of urea groups is 1. The van der Waals surface area contributed by atoms with Crippen LogP contribution < -0.4 is 20.7 Å². The minimum atomic E-state index is -0.431. The summed E-state index contributed by atoms with van der Waals surface area (Å²) < 4.78 is 13.0. The smallest absolute Gasteiger partial charge is 0.324 e. The minimum Gasteiger partial charge on any atom is -0.457 e. The van der Waals surface area contributed by atoms with Crippen LogP contribution in [-0.4, -0.2) is 46.0 Å². The van der Waals surface area contributed by atoms with Crippen LogP contribution in [0, 0.1) is 0 Å². The second kappa shape index (κ2) is 12.2. The molecule has 1 aliphatic rings. The van der Waals surface area contributed by atoms with Crippen LogP contribution in [0.5, 0.6) is 11.5 Å². The highest BCUT2D eigenvalue weighted by atomic mass is 16.5. The molecule has 0 radical (unpaired) electrons. The van der Waals surface area contributed by atoms with Gasteiger partial charge in [0.2, 0.25) is 0 Å². The number of carbonyl (C=O) groups excluding carboxylic acids is 2. The number of hydrogen-bond donors (Lipinski definition) is 3. The quantitative estimate of drug-likeness (QED) is 0.249. The van der Waals surface area contributed by atoms with E-state index in [-0.39, 0.29) is 17.4 Å². The number of nitrogens with one attached hydrogen (secondary N) is 3. The van der Waals surface area contributed by atoms with E-state index in [0.717, 1.165) is 25.1 Å². The van der Waals surface area contributed by atoms with Gasteiger partial charge in [-0.3, -0.25) is 15.1 Å². The van der Waals surface area contributed by atoms with E-state index in [2.05, 4.69) is 20.9 Å². The molecule has 1 atom stereocenters. The van der Waals surface area contributed by atoms with Gasteiger partial charge in [-0.1, -0.05) is 26.8 Å². The highest BCUT2D eigenvalue weighted by Crippen LogP contribution is 2.27. The first-order valence-electron chi connectivity index (χ1n) is 13.6. The zero-order valence-electron chi connectivity index (χ0n) is 23.4. The van der Waals surface area contributed by atoms with Crippen molar-refractivity contribution < 1.29 is 19.1 Å². The Morgan fingerprint density at radius 3 is 2.46 bits per heavy atom. The fraction of sp³-hybridized carbons (Fsp3) is 0.290. The molecular formula is C31H34N6O4. The number of carbonyl (C=O) groups is 2. The molecule has 212 valence electrons. The molecule has 0 bridgehead atoms. The van der Waals surface area contributed by atoms with Crippen molar-refractivity contribution in [3.8, 4) is 17.2 Å². The molecule has 4 aromatic rings. The summed E-state index contributed by atoms with van der Waals surface area (Å²) in [6.45, 7) is 7.36. The third-order valence-corrected chi connectivity index (χ3v) is 6.58. The molecule has 0 spiro atoms. The molecule has 0 aliphatic carbocycles. The molecule has 1 unspecified atom stereocenters. The van der Waals surface area contributed by atoms with E-state index in [1.165, 1.54) is 0 Å². The molecule has 10 nitrogen and oxygen atoms in total. The average Bonchev–Trinajstić information content (AvgIpc) is 3.64. The summed E-state index contributed by atoms with van der Waals surface area (Å²) in [5.74, 6) is 1.59. The Morgan fingerprint density at radius 1 is 1.00 bits per heavy atom. The van der Waals surface area contributed by atoms with E-state index >= 15 is 0 Å². The maximum Gasteiger partial charge on any atom is 0.324 e. The first-order valence-corrected chi connectivity index (χ1v) is 13.6. The normalized spacial score (nSPS) is 14.9. The molecule has 1 saturated heterocycles. The highest BCUT2D eigenvalue weighted by molar-refractivity contribution is 5.99. The molecule has 0 saturated carbocycles. The number of pyridine rings is 1. The number of amides is 3. The molecule has 41 heavy (non-hydrogen) atoms. The van der Waals surface area contributed by atoms with Crippen molar-refractivity contribution in [1.29, 1.82) is 0 Å². The molecule has 3 N–H and O–H groups in total. The molecule has 3 heterocycles. The van der Waals surface area contributed by atoms with Gasteiger partial charge < -0.3 is 20.1 Å². The number of benzene rings is 2. The zero-order valence-corrected chi connectivity index (χ0v) is 23.4. The second-order valence-corrected chi connectivity index (χ2v) is 10.9. The zero-order chi connectivity index (χ0) is 28.8. The molecule has 1 fully saturated rings. The molecule has 10 heteroatoms. The largest absolute Gasteiger partial charge is 0.457 e. The third-order valence-electron chi connectivity index (χ3n) is 6.58. The Kier molecular flexibility index (Phi) is 8.30. The van der Waals surface area contributed by atoms with Crippen LogP contribution in [0.25, 0.3) is 5.69 Å². The van der Waals surface area contributed by atoms with Gasteiger partial charge in [0.1, 0.15) is 17.3 Å². The van der Waals surface area contributed by atoms with Gasteiger partial charge in [0.25, 0.3) is 5.91 Å². The Bertz CT molecular complexity index is 1490. The average molecular weight is 555 g/mol. The second-order valence-electron chi connectivity index (χ2n) is 10.9. The van der Waals surface area contributed by atoms with E-state index in [4.69, 9.17) is 14.6 Å². The van der Waals surface area contributed by atoms with E-state index in [1.54, 1.807) is 71.7 Å². The number of rotatable bonds is 8. The van der Waals surface area contributed by atoms with Gasteiger partial charge in [-0.2, -0.15) is 5.10 Å². The van der Waals surface area contributed by atoms with Crippen LogP contribution in [0.3, 0.4) is 0 Å². The summed E-state index contributed by atoms with van der Waals surface area (Å²) in [7, 11) is 0. The molecule has 2 aromatic heterocycles. The monoisotopic (exact) mass is 554 g/mol. The van der Waals surface area contributed by atoms with E-state index in [9.17, 15) is 9.59 Å². The van der Waals surface area contributed by atoms with Gasteiger partial charge in [0.15, 0.2) is 0 Å². The molecule has 3 amide bonds. The maximum atomic E-state index is 13.0. The maximum absolute atomic E-state index is 13.0. The predicted molar refractivity (Wildman–Crippen MR) is 157 cm³/mol. The predicted octanol–water partition coefficient (Wildman–Crippen LogP) is 5.91. The van der Waals surface area contributed by atoms with Gasteiger partial charge in [0, 0.05) is 48.3 Å². The van der Waals surface area contributed by atoms with Crippen LogP contribution in [-0.2, 0) is 10.2 Å². The van der Waals surface area contributed by atoms with Gasteiger partial charge >= 0.3 is 6.03 Å². The van der Waals surface area contributed by atoms with Crippen molar-refractivity contribution in [3.05, 3.63) is 90.4 Å². The van der Waals surface area contributed by atoms with Gasteiger partial charge in [0.05, 0.1) is 17.5 Å². The molecular weight excluding hydrogens is 520 g/mol. The van der Waals surface area contributed by atoms with E-state index in [1.807, 2.05) is 32.9 Å². The standard InChI is InChI=1S/C31H34N6O4/c1-31(2,3)27-19-28(35-30(39)34-22-9-11-24(12-10-22)41-25-13-15-32-16-14-25)37(36-27)23-7-4-6-21(18-23)29(38)33-20-26-8-5-17-40-26/h4,6-7,9-16,18-19,26H,5,8,17,20H2,1-3H3,(H,33,38)(H2,34,35,39). The van der Waals surface area contributed by atoms with Crippen molar-refractivity contribution in [1.82, 2.24) is 20.1 Å². The number of nitrogens with zero attached hydrogens (tertiary/aromatic N) is 3. The lowest BCUT2D eigenvalue weighted by Gasteiger charge is -2.14. The fourth-order valence-electron chi connectivity index (χ4n) is 4.35. The summed E-state index contributed by atoms with van der Waals surface area (Å²) in [6, 6.07) is 19.2. The van der Waals surface area contributed by atoms with Crippen LogP contribution in [0.2, 0.25) is 0 Å². The van der Waals surface area contributed by atoms with Crippen LogP contribution in [0.4, 0.5) is 16.3 Å². The number of anilines is 2. The van der Waals surface area contributed by atoms with Crippen LogP contribution >= 0.6 is 0 Å². The van der Waals surface area contributed by atoms with E-state index < -0.39 is 6.03 Å². The Labute approximate surface area is 239 Å². The first-order chi connectivity index (χ1) is 19.7. The van der Waals surface area contributed by atoms with Crippen LogP contribution in [0.1, 0.15) is 49.7 Å². The molecule has 5 rings (SSSR count). The summed E-state index contributed by atoms with van der Waals surface area (Å²) in [4.78, 5) is 29.8. The van der Waals surface area contributed by atoms with Crippen molar-refractivity contribution in [3.63, 3.8) is 0 Å². The van der Waals surface area contributed by atoms with Crippen molar-refractivity contribution in [2.45, 2.75) is 45.1 Å². The highest BCUT2D eigenvalue weighted by Gasteiger charge is 2.22. The van der Waals surface area contributed by atoms with E-state index in [0.29, 0.717) is 40.8 Å². The summed E-state index contributed by atoms with van der Waals surface area (Å²) >= 11 is 0. The number of aromatic nitrogens is 3. The third kappa shape index (κ3) is 7.29. The Balaban J connectivity index is 1.29. The van der Waals surface area contributed by atoms with Gasteiger partial charge in [-0.05, 0) is 67.4 Å². The van der Waals surface area contributed by atoms with Crippen molar-refractivity contribution >= 4 is 23.4 Å². The summed E-state index contributed by atoms with van der Waals surface area (Å²) in [5.41, 5.74) is 2.27.